The fourth-order valence-electron chi connectivity index (χ4n) is 3.03. The molecule has 0 saturated heterocycles. The number of benzene rings is 1. The number of halogens is 5. The molecule has 172 valence electrons. The zero-order valence-electron chi connectivity index (χ0n) is 16.5. The Morgan fingerprint density at radius 3 is 2.31 bits per heavy atom. The number of carbonyl (C=O) groups is 1. The van der Waals surface area contributed by atoms with Crippen molar-refractivity contribution in [1.29, 1.82) is 0 Å². The van der Waals surface area contributed by atoms with Crippen molar-refractivity contribution in [1.82, 2.24) is 13.7 Å². The third-order valence-corrected chi connectivity index (χ3v) is 5.68. The molecule has 0 amide bonds. The maximum Gasteiger partial charge on any atom is 0.442 e. The van der Waals surface area contributed by atoms with Crippen molar-refractivity contribution in [3.8, 4) is 5.69 Å². The second-order valence-electron chi connectivity index (χ2n) is 6.71. The van der Waals surface area contributed by atoms with Gasteiger partial charge in [-0.2, -0.15) is 13.2 Å². The SMILES string of the molecule is COC(=O)C1(C(F)(F)F)CC(c2cc(-n3c(=O)n(C)c(=S)n(C)c3=O)c(F)cc2Cl)=NO1. The van der Waals surface area contributed by atoms with Crippen molar-refractivity contribution in [2.75, 3.05) is 7.11 Å². The Kier molecular flexibility index (Phi) is 5.80. The van der Waals surface area contributed by atoms with Crippen LogP contribution in [0.1, 0.15) is 12.0 Å². The minimum absolute atomic E-state index is 0.146. The van der Waals surface area contributed by atoms with E-state index >= 15 is 0 Å². The lowest BCUT2D eigenvalue weighted by Crippen LogP contribution is -2.53. The van der Waals surface area contributed by atoms with Crippen LogP contribution in [0.15, 0.2) is 26.9 Å². The molecule has 1 unspecified atom stereocenters. The predicted molar refractivity (Wildman–Crippen MR) is 105 cm³/mol. The van der Waals surface area contributed by atoms with Gasteiger partial charge in [-0.3, -0.25) is 9.13 Å². The minimum Gasteiger partial charge on any atom is -0.466 e. The van der Waals surface area contributed by atoms with E-state index in [0.717, 1.165) is 22.3 Å². The number of aromatic nitrogens is 3. The zero-order valence-corrected chi connectivity index (χ0v) is 18.1. The van der Waals surface area contributed by atoms with Crippen molar-refractivity contribution in [2.45, 2.75) is 18.2 Å². The number of methoxy groups -OCH3 is 1. The highest BCUT2D eigenvalue weighted by Crippen LogP contribution is 2.43. The Morgan fingerprint density at radius 1 is 1.25 bits per heavy atom. The average Bonchev–Trinajstić information content (AvgIpc) is 3.18. The molecule has 0 saturated carbocycles. The number of carbonyl (C=O) groups excluding carboxylic acids is 1. The lowest BCUT2D eigenvalue weighted by atomic mass is 9.93. The van der Waals surface area contributed by atoms with Gasteiger partial charge >= 0.3 is 29.1 Å². The summed E-state index contributed by atoms with van der Waals surface area (Å²) in [6.07, 6.45) is -6.35. The predicted octanol–water partition coefficient (Wildman–Crippen LogP) is 2.00. The molecule has 1 atom stereocenters. The van der Waals surface area contributed by atoms with Gasteiger partial charge in [0.25, 0.3) is 0 Å². The van der Waals surface area contributed by atoms with Crippen molar-refractivity contribution in [3.05, 3.63) is 54.3 Å². The van der Waals surface area contributed by atoms with Crippen LogP contribution in [0.25, 0.3) is 5.69 Å². The maximum atomic E-state index is 14.7. The molecule has 0 aliphatic carbocycles. The van der Waals surface area contributed by atoms with Gasteiger partial charge < -0.3 is 9.57 Å². The molecule has 1 aliphatic heterocycles. The number of nitrogens with zero attached hydrogens (tertiary/aromatic N) is 4. The molecule has 0 N–H and O–H groups in total. The normalized spacial score (nSPS) is 18.3. The number of alkyl halides is 3. The Bertz CT molecular complexity index is 1310. The zero-order chi connectivity index (χ0) is 24.2. The minimum atomic E-state index is -5.21. The maximum absolute atomic E-state index is 14.7. The molecule has 0 bridgehead atoms. The van der Waals surface area contributed by atoms with E-state index in [9.17, 15) is 31.9 Å². The van der Waals surface area contributed by atoms with Crippen LogP contribution in [0.3, 0.4) is 0 Å². The highest BCUT2D eigenvalue weighted by molar-refractivity contribution is 7.71. The smallest absolute Gasteiger partial charge is 0.442 e. The standard InChI is InChI=1S/C17H13ClF4N4O5S/c1-24-13(28)26(14(29)25(2)15(24)32)11-4-7(8(18)5-9(11)19)10-6-16(31-23-10,12(27)30-3)17(20,21)22/h4-5H,6H2,1-3H3. The fraction of sp³-hybridized carbons (Fsp3) is 0.353. The number of rotatable bonds is 3. The molecule has 9 nitrogen and oxygen atoms in total. The van der Waals surface area contributed by atoms with Gasteiger partial charge in [-0.1, -0.05) is 16.8 Å². The van der Waals surface area contributed by atoms with Gasteiger partial charge in [0.05, 0.1) is 30.0 Å². The molecule has 0 radical (unpaired) electrons. The Hall–Kier alpha value is -3.00. The molecule has 0 fully saturated rings. The number of oxime groups is 1. The quantitative estimate of drug-likeness (QED) is 0.366. The molecular formula is C17H13ClF4N4O5S. The number of hydrogen-bond acceptors (Lipinski definition) is 7. The van der Waals surface area contributed by atoms with E-state index in [-0.39, 0.29) is 10.3 Å². The summed E-state index contributed by atoms with van der Waals surface area (Å²) in [6, 6.07) is 1.55. The number of esters is 1. The molecule has 2 aromatic rings. The van der Waals surface area contributed by atoms with E-state index < -0.39 is 57.8 Å². The topological polar surface area (TPSA) is 96.8 Å². The summed E-state index contributed by atoms with van der Waals surface area (Å²) in [5, 5.41) is 2.91. The molecule has 3 rings (SSSR count). The van der Waals surface area contributed by atoms with Crippen LogP contribution < -0.4 is 11.4 Å². The van der Waals surface area contributed by atoms with Gasteiger partial charge in [0.1, 0.15) is 5.82 Å². The Labute approximate surface area is 186 Å². The Balaban J connectivity index is 2.22. The van der Waals surface area contributed by atoms with Gasteiger partial charge in [0.2, 0.25) is 0 Å². The van der Waals surface area contributed by atoms with Gasteiger partial charge in [0, 0.05) is 19.7 Å². The van der Waals surface area contributed by atoms with Crippen molar-refractivity contribution in [2.24, 2.45) is 19.3 Å². The second kappa shape index (κ2) is 7.85. The molecule has 1 aliphatic rings. The highest BCUT2D eigenvalue weighted by atomic mass is 35.5. The van der Waals surface area contributed by atoms with Gasteiger partial charge in [-0.15, -0.1) is 0 Å². The number of ether oxygens (including phenoxy) is 1. The first-order valence-electron chi connectivity index (χ1n) is 8.56. The second-order valence-corrected chi connectivity index (χ2v) is 7.48. The van der Waals surface area contributed by atoms with E-state index in [4.69, 9.17) is 23.8 Å². The van der Waals surface area contributed by atoms with Gasteiger partial charge in [-0.05, 0) is 24.4 Å². The van der Waals surface area contributed by atoms with Crippen LogP contribution >= 0.6 is 23.8 Å². The lowest BCUT2D eigenvalue weighted by Gasteiger charge is -2.25. The van der Waals surface area contributed by atoms with Crippen LogP contribution in [-0.4, -0.2) is 44.3 Å². The van der Waals surface area contributed by atoms with Crippen LogP contribution in [0.2, 0.25) is 5.02 Å². The summed E-state index contributed by atoms with van der Waals surface area (Å²) in [5.74, 6) is -2.87. The van der Waals surface area contributed by atoms with E-state index in [1.165, 1.54) is 14.1 Å². The molecular weight excluding hydrogens is 484 g/mol. The van der Waals surface area contributed by atoms with Crippen LogP contribution in [-0.2, 0) is 28.5 Å². The van der Waals surface area contributed by atoms with Crippen molar-refractivity contribution < 1.29 is 31.9 Å². The van der Waals surface area contributed by atoms with Crippen LogP contribution in [0.5, 0.6) is 0 Å². The van der Waals surface area contributed by atoms with Crippen LogP contribution in [0.4, 0.5) is 17.6 Å². The Morgan fingerprint density at radius 2 is 1.81 bits per heavy atom. The summed E-state index contributed by atoms with van der Waals surface area (Å²) >= 11 is 10.9. The van der Waals surface area contributed by atoms with Crippen LogP contribution in [0, 0.1) is 10.6 Å². The molecule has 2 heterocycles. The summed E-state index contributed by atoms with van der Waals surface area (Å²) in [6.45, 7) is 0. The highest BCUT2D eigenvalue weighted by Gasteiger charge is 2.67. The largest absolute Gasteiger partial charge is 0.466 e. The van der Waals surface area contributed by atoms with E-state index in [1.54, 1.807) is 0 Å². The molecule has 0 spiro atoms. The first-order valence-corrected chi connectivity index (χ1v) is 9.34. The molecule has 1 aromatic carbocycles. The summed E-state index contributed by atoms with van der Waals surface area (Å²) in [4.78, 5) is 41.4. The van der Waals surface area contributed by atoms with E-state index in [2.05, 4.69) is 14.7 Å². The summed E-state index contributed by atoms with van der Waals surface area (Å²) < 4.78 is 61.7. The first kappa shape index (κ1) is 23.7. The number of hydrogen-bond donors (Lipinski definition) is 0. The lowest BCUT2D eigenvalue weighted by molar-refractivity contribution is -0.268. The third kappa shape index (κ3) is 3.43. The molecule has 15 heteroatoms. The monoisotopic (exact) mass is 496 g/mol. The first-order chi connectivity index (χ1) is 14.8. The fourth-order valence-corrected chi connectivity index (χ4v) is 3.44. The average molecular weight is 497 g/mol. The summed E-state index contributed by atoms with van der Waals surface area (Å²) in [7, 11) is 3.24. The molecule has 32 heavy (non-hydrogen) atoms. The van der Waals surface area contributed by atoms with E-state index in [1.807, 2.05) is 0 Å². The summed E-state index contributed by atoms with van der Waals surface area (Å²) in [5.41, 5.74) is -6.84. The van der Waals surface area contributed by atoms with Crippen molar-refractivity contribution in [3.63, 3.8) is 0 Å². The third-order valence-electron chi connectivity index (χ3n) is 4.82. The molecule has 1 aromatic heterocycles. The van der Waals surface area contributed by atoms with Gasteiger partial charge in [0.15, 0.2) is 4.77 Å². The van der Waals surface area contributed by atoms with E-state index in [0.29, 0.717) is 10.6 Å². The van der Waals surface area contributed by atoms with Crippen molar-refractivity contribution >= 4 is 35.5 Å². The van der Waals surface area contributed by atoms with Gasteiger partial charge in [-0.25, -0.2) is 23.3 Å².